The maximum Gasteiger partial charge on any atom is 0.243 e. The van der Waals surface area contributed by atoms with Gasteiger partial charge in [-0.1, -0.05) is 37.3 Å². The minimum Gasteiger partial charge on any atom is -0.311 e. The Morgan fingerprint density at radius 1 is 1.00 bits per heavy atom. The van der Waals surface area contributed by atoms with Gasteiger partial charge in [-0.15, -0.1) is 11.8 Å². The summed E-state index contributed by atoms with van der Waals surface area (Å²) in [4.78, 5) is 16.8. The Morgan fingerprint density at radius 3 is 2.52 bits per heavy atom. The molecule has 0 aliphatic carbocycles. The molecule has 4 rings (SSSR count). The molecule has 0 radical (unpaired) electrons. The van der Waals surface area contributed by atoms with E-state index in [0.717, 1.165) is 23.4 Å². The molecule has 2 atom stereocenters. The molecule has 5 nitrogen and oxygen atoms in total. The first kappa shape index (κ1) is 20.4. The highest BCUT2D eigenvalue weighted by atomic mass is 32.2. The fourth-order valence-electron chi connectivity index (χ4n) is 4.04. The number of fused-ring (bicyclic) bond motifs is 1. The molecule has 7 heteroatoms. The Balaban J connectivity index is 1.57. The number of anilines is 1. The van der Waals surface area contributed by atoms with Gasteiger partial charge in [0.05, 0.1) is 16.5 Å². The van der Waals surface area contributed by atoms with Crippen LogP contribution in [0.4, 0.5) is 5.69 Å². The van der Waals surface area contributed by atoms with E-state index in [0.29, 0.717) is 29.7 Å². The van der Waals surface area contributed by atoms with Crippen molar-refractivity contribution in [1.82, 2.24) is 4.31 Å². The largest absolute Gasteiger partial charge is 0.311 e. The van der Waals surface area contributed by atoms with Gasteiger partial charge in [0.2, 0.25) is 15.9 Å². The molecule has 2 unspecified atom stereocenters. The third-order valence-corrected chi connectivity index (χ3v) is 8.74. The summed E-state index contributed by atoms with van der Waals surface area (Å²) in [6, 6.07) is 16.5. The van der Waals surface area contributed by atoms with Gasteiger partial charge in [-0.2, -0.15) is 4.31 Å². The number of sulfonamides is 1. The van der Waals surface area contributed by atoms with Crippen LogP contribution >= 0.6 is 11.8 Å². The number of para-hydroxylation sites is 1. The molecule has 1 amide bonds. The first-order chi connectivity index (χ1) is 14.0. The van der Waals surface area contributed by atoms with Crippen molar-refractivity contribution in [2.75, 3.05) is 24.5 Å². The van der Waals surface area contributed by atoms with Crippen LogP contribution in [0, 0.1) is 5.92 Å². The Hall–Kier alpha value is -1.83. The zero-order valence-corrected chi connectivity index (χ0v) is 18.2. The summed E-state index contributed by atoms with van der Waals surface area (Å²) in [5.41, 5.74) is 0.954. The number of nitrogens with zero attached hydrogens (tertiary/aromatic N) is 2. The fourth-order valence-corrected chi connectivity index (χ4v) is 6.70. The van der Waals surface area contributed by atoms with E-state index in [1.807, 2.05) is 23.1 Å². The van der Waals surface area contributed by atoms with E-state index < -0.39 is 10.0 Å². The summed E-state index contributed by atoms with van der Waals surface area (Å²) in [5, 5.41) is 0.440. The molecule has 0 aromatic heterocycles. The highest BCUT2D eigenvalue weighted by Gasteiger charge is 2.36. The van der Waals surface area contributed by atoms with Gasteiger partial charge in [-0.25, -0.2) is 8.42 Å². The molecule has 1 fully saturated rings. The Bertz CT molecular complexity index is 979. The van der Waals surface area contributed by atoms with Crippen molar-refractivity contribution >= 4 is 33.4 Å². The summed E-state index contributed by atoms with van der Waals surface area (Å²) in [7, 11) is -3.58. The molecule has 2 heterocycles. The molecule has 2 aliphatic heterocycles. The van der Waals surface area contributed by atoms with Gasteiger partial charge in [-0.05, 0) is 43.5 Å². The van der Waals surface area contributed by atoms with E-state index in [2.05, 4.69) is 13.0 Å². The van der Waals surface area contributed by atoms with Crippen molar-refractivity contribution in [1.29, 1.82) is 0 Å². The van der Waals surface area contributed by atoms with Crippen LogP contribution in [0.5, 0.6) is 0 Å². The average molecular weight is 431 g/mol. The normalized spacial score (nSPS) is 23.3. The van der Waals surface area contributed by atoms with Crippen molar-refractivity contribution in [3.8, 4) is 0 Å². The smallest absolute Gasteiger partial charge is 0.243 e. The lowest BCUT2D eigenvalue weighted by atomic mass is 9.97. The highest BCUT2D eigenvalue weighted by Crippen LogP contribution is 2.38. The summed E-state index contributed by atoms with van der Waals surface area (Å²) in [5.74, 6) is -0.270. The van der Waals surface area contributed by atoms with E-state index in [9.17, 15) is 13.2 Å². The number of hydrogen-bond acceptors (Lipinski definition) is 4. The van der Waals surface area contributed by atoms with E-state index in [1.54, 1.807) is 42.1 Å². The number of rotatable bonds is 3. The first-order valence-electron chi connectivity index (χ1n) is 10.1. The van der Waals surface area contributed by atoms with Crippen LogP contribution in [-0.4, -0.2) is 43.5 Å². The first-order valence-corrected chi connectivity index (χ1v) is 12.4. The summed E-state index contributed by atoms with van der Waals surface area (Å²) >= 11 is 1.80. The standard InChI is InChI=1S/C22H26N2O3S2/c1-17-13-15-24(20-11-5-6-12-21(20)28-17)22(25)18-8-7-14-23(16-18)29(26,27)19-9-3-2-4-10-19/h2-6,9-12,17-18H,7-8,13-16H2,1H3. The molecule has 2 aromatic rings. The quantitative estimate of drug-likeness (QED) is 0.738. The SMILES string of the molecule is CC1CCN(C(=O)C2CCCN(S(=O)(=O)c3ccccc3)C2)c2ccccc2S1. The molecule has 29 heavy (non-hydrogen) atoms. The Labute approximate surface area is 177 Å². The minimum atomic E-state index is -3.58. The number of amides is 1. The molecule has 0 spiro atoms. The van der Waals surface area contributed by atoms with Crippen molar-refractivity contribution in [2.24, 2.45) is 5.92 Å². The van der Waals surface area contributed by atoms with Crippen LogP contribution in [-0.2, 0) is 14.8 Å². The number of hydrogen-bond donors (Lipinski definition) is 0. The highest BCUT2D eigenvalue weighted by molar-refractivity contribution is 8.00. The third-order valence-electron chi connectivity index (χ3n) is 5.62. The van der Waals surface area contributed by atoms with Gasteiger partial charge in [0.1, 0.15) is 0 Å². The van der Waals surface area contributed by atoms with Crippen LogP contribution in [0.25, 0.3) is 0 Å². The molecule has 0 saturated carbocycles. The van der Waals surface area contributed by atoms with E-state index in [4.69, 9.17) is 0 Å². The van der Waals surface area contributed by atoms with Crippen LogP contribution < -0.4 is 4.90 Å². The maximum absolute atomic E-state index is 13.5. The van der Waals surface area contributed by atoms with Crippen LogP contribution in [0.15, 0.2) is 64.4 Å². The number of piperidine rings is 1. The average Bonchev–Trinajstić information content (AvgIpc) is 2.92. The predicted octanol–water partition coefficient (Wildman–Crippen LogP) is 4.00. The van der Waals surface area contributed by atoms with Gasteiger partial charge < -0.3 is 4.90 Å². The molecule has 154 valence electrons. The van der Waals surface area contributed by atoms with Gasteiger partial charge in [0.25, 0.3) is 0 Å². The molecule has 0 N–H and O–H groups in total. The lowest BCUT2D eigenvalue weighted by molar-refractivity contribution is -0.123. The van der Waals surface area contributed by atoms with Crippen LogP contribution in [0.2, 0.25) is 0 Å². The zero-order valence-electron chi connectivity index (χ0n) is 16.5. The monoisotopic (exact) mass is 430 g/mol. The molecular formula is C22H26N2O3S2. The van der Waals surface area contributed by atoms with Crippen LogP contribution in [0.3, 0.4) is 0 Å². The van der Waals surface area contributed by atoms with Gasteiger partial charge >= 0.3 is 0 Å². The molecular weight excluding hydrogens is 404 g/mol. The molecule has 2 aromatic carbocycles. The second-order valence-corrected chi connectivity index (χ2v) is 11.1. The number of benzene rings is 2. The Morgan fingerprint density at radius 2 is 1.72 bits per heavy atom. The minimum absolute atomic E-state index is 0.0418. The third kappa shape index (κ3) is 4.22. The van der Waals surface area contributed by atoms with Crippen molar-refractivity contribution < 1.29 is 13.2 Å². The van der Waals surface area contributed by atoms with Crippen molar-refractivity contribution in [3.63, 3.8) is 0 Å². The van der Waals surface area contributed by atoms with E-state index in [1.165, 1.54) is 4.31 Å². The number of carbonyl (C=O) groups excluding carboxylic acids is 1. The predicted molar refractivity (Wildman–Crippen MR) is 117 cm³/mol. The van der Waals surface area contributed by atoms with E-state index >= 15 is 0 Å². The van der Waals surface area contributed by atoms with Crippen molar-refractivity contribution in [3.05, 3.63) is 54.6 Å². The fraction of sp³-hybridized carbons (Fsp3) is 0.409. The summed E-state index contributed by atoms with van der Waals surface area (Å²) < 4.78 is 27.5. The second kappa shape index (κ2) is 8.50. The zero-order chi connectivity index (χ0) is 20.4. The number of carbonyl (C=O) groups is 1. The lowest BCUT2D eigenvalue weighted by Crippen LogP contribution is -2.47. The topological polar surface area (TPSA) is 57.7 Å². The van der Waals surface area contributed by atoms with Crippen LogP contribution in [0.1, 0.15) is 26.2 Å². The second-order valence-electron chi connectivity index (χ2n) is 7.69. The summed E-state index contributed by atoms with van der Waals surface area (Å²) in [6.07, 6.45) is 2.34. The van der Waals surface area contributed by atoms with Gasteiger partial charge in [0.15, 0.2) is 0 Å². The van der Waals surface area contributed by atoms with Crippen molar-refractivity contribution in [2.45, 2.75) is 41.2 Å². The summed E-state index contributed by atoms with van der Waals surface area (Å²) in [6.45, 7) is 3.57. The maximum atomic E-state index is 13.5. The lowest BCUT2D eigenvalue weighted by Gasteiger charge is -2.34. The molecule has 1 saturated heterocycles. The Kier molecular flexibility index (Phi) is 5.99. The molecule has 2 aliphatic rings. The van der Waals surface area contributed by atoms with Gasteiger partial charge in [0, 0.05) is 29.8 Å². The van der Waals surface area contributed by atoms with E-state index in [-0.39, 0.29) is 18.4 Å². The van der Waals surface area contributed by atoms with Gasteiger partial charge in [-0.3, -0.25) is 4.79 Å². The molecule has 0 bridgehead atoms. The number of thioether (sulfide) groups is 1.